The highest BCUT2D eigenvalue weighted by atomic mass is 19.1. The largest absolute Gasteiger partial charge is 0.315 e. The lowest BCUT2D eigenvalue weighted by molar-refractivity contribution is -0.118. The second-order valence-corrected chi connectivity index (χ2v) is 4.52. The molecule has 0 aliphatic rings. The van der Waals surface area contributed by atoms with Gasteiger partial charge >= 0.3 is 0 Å². The van der Waals surface area contributed by atoms with Crippen LogP contribution in [-0.4, -0.2) is 18.4 Å². The number of ketones is 1. The normalized spacial score (nSPS) is 10.8. The second-order valence-electron chi connectivity index (χ2n) is 4.52. The zero-order valence-electron chi connectivity index (χ0n) is 10.5. The second kappa shape index (κ2) is 7.17. The molecule has 2 nitrogen and oxygen atoms in total. The van der Waals surface area contributed by atoms with Gasteiger partial charge < -0.3 is 5.32 Å². The SMILES string of the molecule is CC(C)NCCCC(=O)Cc1ccccc1F. The summed E-state index contributed by atoms with van der Waals surface area (Å²) in [6.07, 6.45) is 1.52. The predicted octanol–water partition coefficient (Wildman–Crippen LogP) is 2.72. The van der Waals surface area contributed by atoms with Crippen molar-refractivity contribution in [1.82, 2.24) is 5.32 Å². The molecule has 1 rings (SSSR count). The molecule has 0 spiro atoms. The maximum absolute atomic E-state index is 13.3. The maximum Gasteiger partial charge on any atom is 0.137 e. The van der Waals surface area contributed by atoms with Crippen molar-refractivity contribution >= 4 is 5.78 Å². The summed E-state index contributed by atoms with van der Waals surface area (Å²) in [6, 6.07) is 6.89. The molecular formula is C14H20FNO. The monoisotopic (exact) mass is 237 g/mol. The smallest absolute Gasteiger partial charge is 0.137 e. The summed E-state index contributed by atoms with van der Waals surface area (Å²) in [7, 11) is 0. The Morgan fingerprint density at radius 1 is 1.35 bits per heavy atom. The van der Waals surface area contributed by atoms with Gasteiger partial charge in [0.2, 0.25) is 0 Å². The van der Waals surface area contributed by atoms with Gasteiger partial charge in [-0.15, -0.1) is 0 Å². The lowest BCUT2D eigenvalue weighted by atomic mass is 10.1. The molecule has 0 heterocycles. The molecule has 3 heteroatoms. The molecule has 0 saturated heterocycles. The Labute approximate surface area is 102 Å². The lowest BCUT2D eigenvalue weighted by Crippen LogP contribution is -2.24. The van der Waals surface area contributed by atoms with E-state index in [9.17, 15) is 9.18 Å². The van der Waals surface area contributed by atoms with E-state index in [1.807, 2.05) is 0 Å². The van der Waals surface area contributed by atoms with Crippen LogP contribution >= 0.6 is 0 Å². The summed E-state index contributed by atoms with van der Waals surface area (Å²) in [4.78, 5) is 11.6. The van der Waals surface area contributed by atoms with Crippen LogP contribution in [0.15, 0.2) is 24.3 Å². The molecule has 0 unspecified atom stereocenters. The van der Waals surface area contributed by atoms with Crippen LogP contribution in [0.3, 0.4) is 0 Å². The summed E-state index contributed by atoms with van der Waals surface area (Å²) in [5.74, 6) is -0.193. The molecule has 0 aromatic heterocycles. The number of carbonyl (C=O) groups excluding carboxylic acids is 1. The van der Waals surface area contributed by atoms with E-state index >= 15 is 0 Å². The summed E-state index contributed by atoms with van der Waals surface area (Å²) in [5.41, 5.74) is 0.495. The summed E-state index contributed by atoms with van der Waals surface area (Å²) < 4.78 is 13.3. The molecule has 0 bridgehead atoms. The van der Waals surface area contributed by atoms with Gasteiger partial charge in [0.15, 0.2) is 0 Å². The predicted molar refractivity (Wildman–Crippen MR) is 67.5 cm³/mol. The maximum atomic E-state index is 13.3. The Balaban J connectivity index is 2.28. The van der Waals surface area contributed by atoms with Crippen LogP contribution in [-0.2, 0) is 11.2 Å². The van der Waals surface area contributed by atoms with Gasteiger partial charge in [0.1, 0.15) is 11.6 Å². The van der Waals surface area contributed by atoms with E-state index in [-0.39, 0.29) is 18.0 Å². The summed E-state index contributed by atoms with van der Waals surface area (Å²) >= 11 is 0. The highest BCUT2D eigenvalue weighted by Crippen LogP contribution is 2.08. The third kappa shape index (κ3) is 5.59. The zero-order chi connectivity index (χ0) is 12.7. The van der Waals surface area contributed by atoms with E-state index in [2.05, 4.69) is 19.2 Å². The van der Waals surface area contributed by atoms with Crippen LogP contribution < -0.4 is 5.32 Å². The molecule has 0 fully saturated rings. The molecule has 1 aromatic rings. The van der Waals surface area contributed by atoms with Gasteiger partial charge in [0.25, 0.3) is 0 Å². The van der Waals surface area contributed by atoms with Gasteiger partial charge in [-0.25, -0.2) is 4.39 Å². The molecule has 17 heavy (non-hydrogen) atoms. The number of Topliss-reactive ketones (excluding diaryl/α,β-unsaturated/α-hetero) is 1. The Morgan fingerprint density at radius 2 is 2.06 bits per heavy atom. The number of nitrogens with one attached hydrogen (secondary N) is 1. The number of rotatable bonds is 7. The average Bonchev–Trinajstić information content (AvgIpc) is 2.27. The van der Waals surface area contributed by atoms with E-state index in [0.29, 0.717) is 18.0 Å². The molecule has 0 atom stereocenters. The van der Waals surface area contributed by atoms with E-state index in [0.717, 1.165) is 13.0 Å². The quantitative estimate of drug-likeness (QED) is 0.739. The number of benzene rings is 1. The first-order valence-electron chi connectivity index (χ1n) is 6.08. The molecular weight excluding hydrogens is 217 g/mol. The van der Waals surface area contributed by atoms with Gasteiger partial charge in [0.05, 0.1) is 0 Å². The fraction of sp³-hybridized carbons (Fsp3) is 0.500. The first kappa shape index (κ1) is 13.8. The Kier molecular flexibility index (Phi) is 5.84. The van der Waals surface area contributed by atoms with Gasteiger partial charge in [-0.2, -0.15) is 0 Å². The molecule has 0 radical (unpaired) electrons. The number of halogens is 1. The van der Waals surface area contributed by atoms with Crippen molar-refractivity contribution in [2.45, 2.75) is 39.2 Å². The molecule has 0 aliphatic carbocycles. The first-order valence-corrected chi connectivity index (χ1v) is 6.08. The first-order chi connectivity index (χ1) is 8.09. The standard InChI is InChI=1S/C14H20FNO/c1-11(2)16-9-5-7-13(17)10-12-6-3-4-8-14(12)15/h3-4,6,8,11,16H,5,7,9-10H2,1-2H3. The number of hydrogen-bond acceptors (Lipinski definition) is 2. The van der Waals surface area contributed by atoms with Crippen molar-refractivity contribution in [2.75, 3.05) is 6.54 Å². The molecule has 0 amide bonds. The van der Waals surface area contributed by atoms with Crippen molar-refractivity contribution in [1.29, 1.82) is 0 Å². The summed E-state index contributed by atoms with van der Waals surface area (Å²) in [5, 5.41) is 3.25. The van der Waals surface area contributed by atoms with Crippen LogP contribution in [0, 0.1) is 5.82 Å². The van der Waals surface area contributed by atoms with Gasteiger partial charge in [0, 0.05) is 18.9 Å². The van der Waals surface area contributed by atoms with Crippen LogP contribution in [0.5, 0.6) is 0 Å². The third-order valence-corrected chi connectivity index (χ3v) is 2.53. The van der Waals surface area contributed by atoms with Crippen LogP contribution in [0.4, 0.5) is 4.39 Å². The fourth-order valence-corrected chi connectivity index (χ4v) is 1.62. The molecule has 1 aromatic carbocycles. The topological polar surface area (TPSA) is 29.1 Å². The lowest BCUT2D eigenvalue weighted by Gasteiger charge is -2.07. The van der Waals surface area contributed by atoms with E-state index < -0.39 is 0 Å². The molecule has 0 saturated carbocycles. The minimum absolute atomic E-state index is 0.0978. The Bertz CT molecular complexity index is 363. The van der Waals surface area contributed by atoms with Crippen LogP contribution in [0.1, 0.15) is 32.3 Å². The van der Waals surface area contributed by atoms with Crippen molar-refractivity contribution in [3.05, 3.63) is 35.6 Å². The van der Waals surface area contributed by atoms with Crippen LogP contribution in [0.2, 0.25) is 0 Å². The van der Waals surface area contributed by atoms with Crippen molar-refractivity contribution in [2.24, 2.45) is 0 Å². The Hall–Kier alpha value is -1.22. The molecule has 94 valence electrons. The fourth-order valence-electron chi connectivity index (χ4n) is 1.62. The minimum Gasteiger partial charge on any atom is -0.315 e. The molecule has 1 N–H and O–H groups in total. The van der Waals surface area contributed by atoms with Crippen molar-refractivity contribution in [3.63, 3.8) is 0 Å². The van der Waals surface area contributed by atoms with Crippen LogP contribution in [0.25, 0.3) is 0 Å². The highest BCUT2D eigenvalue weighted by molar-refractivity contribution is 5.80. The number of carbonyl (C=O) groups is 1. The third-order valence-electron chi connectivity index (χ3n) is 2.53. The van der Waals surface area contributed by atoms with E-state index in [1.54, 1.807) is 18.2 Å². The average molecular weight is 237 g/mol. The van der Waals surface area contributed by atoms with Gasteiger partial charge in [-0.1, -0.05) is 32.0 Å². The minimum atomic E-state index is -0.291. The van der Waals surface area contributed by atoms with E-state index in [1.165, 1.54) is 6.07 Å². The Morgan fingerprint density at radius 3 is 2.71 bits per heavy atom. The van der Waals surface area contributed by atoms with Crippen molar-refractivity contribution < 1.29 is 9.18 Å². The van der Waals surface area contributed by atoms with Crippen molar-refractivity contribution in [3.8, 4) is 0 Å². The zero-order valence-corrected chi connectivity index (χ0v) is 10.5. The van der Waals surface area contributed by atoms with Gasteiger partial charge in [-0.05, 0) is 24.6 Å². The number of hydrogen-bond donors (Lipinski definition) is 1. The summed E-state index contributed by atoms with van der Waals surface area (Å²) in [6.45, 7) is 4.98. The highest BCUT2D eigenvalue weighted by Gasteiger charge is 2.07. The molecule has 0 aliphatic heterocycles. The van der Waals surface area contributed by atoms with E-state index in [4.69, 9.17) is 0 Å². The van der Waals surface area contributed by atoms with Gasteiger partial charge in [-0.3, -0.25) is 4.79 Å².